The third-order valence-electron chi connectivity index (χ3n) is 10.1. The Balaban J connectivity index is 1.38. The Hall–Kier alpha value is -0.860. The number of fused-ring (bicyclic) bond motifs is 4. The molecule has 0 heterocycles. The molecule has 0 aliphatic heterocycles. The molecule has 5 saturated carbocycles. The van der Waals surface area contributed by atoms with Gasteiger partial charge < -0.3 is 5.11 Å². The fourth-order valence-electron chi connectivity index (χ4n) is 9.01. The molecule has 0 bridgehead atoms. The second-order valence-electron chi connectivity index (χ2n) is 10.7. The van der Waals surface area contributed by atoms with E-state index < -0.39 is 5.97 Å². The van der Waals surface area contributed by atoms with Crippen LogP contribution in [0.3, 0.4) is 0 Å². The number of carbonyl (C=O) groups is 2. The predicted molar refractivity (Wildman–Crippen MR) is 99.5 cm³/mol. The van der Waals surface area contributed by atoms with E-state index in [0.29, 0.717) is 52.6 Å². The van der Waals surface area contributed by atoms with Crippen LogP contribution in [-0.2, 0) is 9.59 Å². The third-order valence-corrected chi connectivity index (χ3v) is 10.1. The summed E-state index contributed by atoms with van der Waals surface area (Å²) in [5.74, 6) is 3.55. The molecule has 5 aliphatic rings. The number of aliphatic carboxylic acids is 1. The summed E-state index contributed by atoms with van der Waals surface area (Å²) in [4.78, 5) is 24.2. The molecule has 0 aromatic heterocycles. The first kappa shape index (κ1) is 17.3. The molecule has 26 heavy (non-hydrogen) atoms. The normalized spacial score (nSPS) is 52.3. The summed E-state index contributed by atoms with van der Waals surface area (Å²) >= 11 is 0. The van der Waals surface area contributed by atoms with Gasteiger partial charge in [0.05, 0.1) is 0 Å². The van der Waals surface area contributed by atoms with Crippen molar-refractivity contribution in [3.63, 3.8) is 0 Å². The fraction of sp³-hybridized carbons (Fsp3) is 0.913. The molecule has 0 aromatic carbocycles. The first-order valence-corrected chi connectivity index (χ1v) is 11.2. The van der Waals surface area contributed by atoms with Crippen LogP contribution in [0.25, 0.3) is 0 Å². The Morgan fingerprint density at radius 2 is 1.88 bits per heavy atom. The van der Waals surface area contributed by atoms with Gasteiger partial charge in [-0.3, -0.25) is 9.59 Å². The van der Waals surface area contributed by atoms with Crippen LogP contribution in [-0.4, -0.2) is 16.9 Å². The van der Waals surface area contributed by atoms with Crippen molar-refractivity contribution in [1.29, 1.82) is 0 Å². The predicted octanol–water partition coefficient (Wildman–Crippen LogP) is 5.08. The Labute approximate surface area is 157 Å². The van der Waals surface area contributed by atoms with Crippen LogP contribution in [0.5, 0.6) is 0 Å². The van der Waals surface area contributed by atoms with Crippen LogP contribution in [0.4, 0.5) is 0 Å². The molecule has 5 rings (SSSR count). The highest BCUT2D eigenvalue weighted by Crippen LogP contribution is 2.74. The van der Waals surface area contributed by atoms with Crippen molar-refractivity contribution in [3.8, 4) is 0 Å². The number of hydrogen-bond acceptors (Lipinski definition) is 2. The number of carbonyl (C=O) groups excluding carboxylic acids is 1. The van der Waals surface area contributed by atoms with E-state index in [-0.39, 0.29) is 0 Å². The van der Waals surface area contributed by atoms with E-state index in [1.54, 1.807) is 0 Å². The highest BCUT2D eigenvalue weighted by Gasteiger charge is 2.68. The van der Waals surface area contributed by atoms with Gasteiger partial charge in [0.25, 0.3) is 0 Å². The smallest absolute Gasteiger partial charge is 0.303 e. The Morgan fingerprint density at radius 3 is 2.69 bits per heavy atom. The number of hydrogen-bond donors (Lipinski definition) is 1. The van der Waals surface area contributed by atoms with E-state index in [1.807, 2.05) is 0 Å². The largest absolute Gasteiger partial charge is 0.481 e. The molecule has 8 atom stereocenters. The van der Waals surface area contributed by atoms with E-state index in [0.717, 1.165) is 18.8 Å². The molecule has 144 valence electrons. The van der Waals surface area contributed by atoms with Gasteiger partial charge in [-0.05, 0) is 91.8 Å². The summed E-state index contributed by atoms with van der Waals surface area (Å²) in [6, 6.07) is 0. The van der Waals surface area contributed by atoms with Gasteiger partial charge in [-0.15, -0.1) is 0 Å². The van der Waals surface area contributed by atoms with Gasteiger partial charge in [0, 0.05) is 18.8 Å². The van der Waals surface area contributed by atoms with Crippen LogP contribution >= 0.6 is 0 Å². The Bertz CT molecular complexity index is 627. The van der Waals surface area contributed by atoms with Gasteiger partial charge in [0.15, 0.2) is 0 Å². The number of Topliss-reactive ketones (excluding diaryl/α,β-unsaturated/α-hetero) is 1. The van der Waals surface area contributed by atoms with Crippen molar-refractivity contribution < 1.29 is 14.7 Å². The van der Waals surface area contributed by atoms with Crippen molar-refractivity contribution in [1.82, 2.24) is 0 Å². The second kappa shape index (κ2) is 5.82. The van der Waals surface area contributed by atoms with Crippen LogP contribution in [0, 0.1) is 46.3 Å². The first-order valence-electron chi connectivity index (χ1n) is 11.2. The first-order chi connectivity index (χ1) is 12.5. The van der Waals surface area contributed by atoms with Crippen LogP contribution in [0.1, 0.15) is 84.0 Å². The molecule has 1 spiro atoms. The minimum absolute atomic E-state index is 0.326. The Kier molecular flexibility index (Phi) is 3.86. The molecule has 0 saturated heterocycles. The van der Waals surface area contributed by atoms with Crippen LogP contribution in [0.2, 0.25) is 0 Å². The van der Waals surface area contributed by atoms with Crippen LogP contribution in [0.15, 0.2) is 0 Å². The van der Waals surface area contributed by atoms with Gasteiger partial charge in [0.2, 0.25) is 0 Å². The van der Waals surface area contributed by atoms with Gasteiger partial charge in [-0.2, -0.15) is 0 Å². The Morgan fingerprint density at radius 1 is 1.08 bits per heavy atom. The molecule has 3 nitrogen and oxygen atoms in total. The molecule has 5 fully saturated rings. The van der Waals surface area contributed by atoms with Gasteiger partial charge in [-0.1, -0.05) is 19.8 Å². The highest BCUT2D eigenvalue weighted by atomic mass is 16.4. The number of rotatable bonds is 3. The zero-order valence-corrected chi connectivity index (χ0v) is 16.2. The number of carboxylic acid groups (broad SMARTS) is 1. The summed E-state index contributed by atoms with van der Waals surface area (Å²) < 4.78 is 0. The van der Waals surface area contributed by atoms with E-state index in [9.17, 15) is 9.59 Å². The van der Waals surface area contributed by atoms with Crippen molar-refractivity contribution in [2.45, 2.75) is 84.0 Å². The SMILES string of the molecule is CC12CCCCC1CC(=O)C1C2CCC23CC(CCC(=O)O)C2CCC13. The van der Waals surface area contributed by atoms with E-state index >= 15 is 0 Å². The lowest BCUT2D eigenvalue weighted by Crippen LogP contribution is -2.60. The van der Waals surface area contributed by atoms with Crippen LogP contribution < -0.4 is 0 Å². The molecular weight excluding hydrogens is 324 g/mol. The number of ketones is 1. The molecular formula is C23H34O3. The molecule has 1 N–H and O–H groups in total. The van der Waals surface area contributed by atoms with E-state index in [2.05, 4.69) is 6.92 Å². The highest BCUT2D eigenvalue weighted by molar-refractivity contribution is 5.83. The van der Waals surface area contributed by atoms with Crippen molar-refractivity contribution in [2.24, 2.45) is 46.3 Å². The van der Waals surface area contributed by atoms with E-state index in [1.165, 1.54) is 57.8 Å². The lowest BCUT2D eigenvalue weighted by atomic mass is 9.40. The lowest BCUT2D eigenvalue weighted by molar-refractivity contribution is -0.174. The zero-order chi connectivity index (χ0) is 18.1. The zero-order valence-electron chi connectivity index (χ0n) is 16.2. The second-order valence-corrected chi connectivity index (χ2v) is 10.7. The fourth-order valence-corrected chi connectivity index (χ4v) is 9.01. The lowest BCUT2D eigenvalue weighted by Gasteiger charge is -2.64. The maximum Gasteiger partial charge on any atom is 0.303 e. The standard InChI is InChI=1S/C23H34O3/c1-22-10-3-2-4-15(22)12-19(24)21-17(22)9-11-23-13-14(5-8-20(25)26)16(23)6-7-18(21)23/h14-18,21H,2-13H2,1H3,(H,25,26). The summed E-state index contributed by atoms with van der Waals surface area (Å²) in [7, 11) is 0. The minimum Gasteiger partial charge on any atom is -0.481 e. The average molecular weight is 359 g/mol. The average Bonchev–Trinajstić information content (AvgIpc) is 2.88. The van der Waals surface area contributed by atoms with Gasteiger partial charge in [0.1, 0.15) is 5.78 Å². The molecule has 0 aromatic rings. The summed E-state index contributed by atoms with van der Waals surface area (Å²) in [5.41, 5.74) is 0.834. The molecule has 8 unspecified atom stereocenters. The minimum atomic E-state index is -0.650. The van der Waals surface area contributed by atoms with Crippen molar-refractivity contribution in [2.75, 3.05) is 0 Å². The maximum absolute atomic E-state index is 13.3. The number of carboxylic acids is 1. The van der Waals surface area contributed by atoms with Gasteiger partial charge in [-0.25, -0.2) is 0 Å². The summed E-state index contributed by atoms with van der Waals surface area (Å²) in [6.07, 6.45) is 13.6. The topological polar surface area (TPSA) is 54.4 Å². The molecule has 5 aliphatic carbocycles. The summed E-state index contributed by atoms with van der Waals surface area (Å²) in [5, 5.41) is 9.04. The van der Waals surface area contributed by atoms with Crippen molar-refractivity contribution in [3.05, 3.63) is 0 Å². The van der Waals surface area contributed by atoms with E-state index in [4.69, 9.17) is 5.11 Å². The maximum atomic E-state index is 13.3. The quantitative estimate of drug-likeness (QED) is 0.765. The van der Waals surface area contributed by atoms with Crippen molar-refractivity contribution >= 4 is 11.8 Å². The summed E-state index contributed by atoms with van der Waals surface area (Å²) in [6.45, 7) is 2.53. The molecule has 0 amide bonds. The third kappa shape index (κ3) is 2.18. The monoisotopic (exact) mass is 358 g/mol. The molecule has 0 radical (unpaired) electrons. The molecule has 3 heteroatoms. The van der Waals surface area contributed by atoms with Gasteiger partial charge >= 0.3 is 5.97 Å².